The number of rotatable bonds is 6. The second kappa shape index (κ2) is 10.1. The van der Waals surface area contributed by atoms with Crippen LogP contribution in [0.4, 0.5) is 0 Å². The Kier molecular flexibility index (Phi) is 6.74. The van der Waals surface area contributed by atoms with Gasteiger partial charge in [0.05, 0.1) is 19.9 Å². The minimum atomic E-state index is -0.747. The van der Waals surface area contributed by atoms with E-state index in [9.17, 15) is 9.59 Å². The summed E-state index contributed by atoms with van der Waals surface area (Å²) in [5.41, 5.74) is 2.97. The third-order valence-corrected chi connectivity index (χ3v) is 7.14. The van der Waals surface area contributed by atoms with Gasteiger partial charge in [0, 0.05) is 31.1 Å². The van der Waals surface area contributed by atoms with Crippen LogP contribution >= 0.6 is 11.6 Å². The Morgan fingerprint density at radius 3 is 2.64 bits per heavy atom. The van der Waals surface area contributed by atoms with Crippen LogP contribution < -0.4 is 4.74 Å². The molecular weight excluding hydrogens is 478 g/mol. The molecule has 2 atom stereocenters. The molecule has 2 aromatic heterocycles. The molecule has 0 radical (unpaired) electrons. The maximum atomic E-state index is 13.7. The van der Waals surface area contributed by atoms with Gasteiger partial charge in [-0.05, 0) is 42.3 Å². The molecular formula is C28H28ClN3O4. The molecule has 2 aromatic carbocycles. The molecule has 5 rings (SSSR count). The molecule has 0 unspecified atom stereocenters. The molecule has 2 amide bonds. The van der Waals surface area contributed by atoms with Crippen LogP contribution in [0.1, 0.15) is 33.9 Å². The lowest BCUT2D eigenvalue weighted by molar-refractivity contribution is -0.135. The van der Waals surface area contributed by atoms with Crippen molar-refractivity contribution in [2.75, 3.05) is 26.7 Å². The highest BCUT2D eigenvalue weighted by atomic mass is 35.5. The predicted molar refractivity (Wildman–Crippen MR) is 138 cm³/mol. The summed E-state index contributed by atoms with van der Waals surface area (Å²) in [6.07, 6.45) is 1.63. The molecule has 1 saturated heterocycles. The minimum Gasteiger partial charge on any atom is -0.497 e. The summed E-state index contributed by atoms with van der Waals surface area (Å²) in [6.45, 7) is 3.70. The van der Waals surface area contributed by atoms with Crippen LogP contribution in [0.3, 0.4) is 0 Å². The SMILES string of the molecule is COc1cccc(Cn2c(C(=O)N3CCN(C(=O)[C@H](Cl)c4ccccc4)[C@H](C)C3)cc3ccoc32)c1. The average molecular weight is 506 g/mol. The summed E-state index contributed by atoms with van der Waals surface area (Å²) in [6, 6.07) is 20.7. The number of hydrogen-bond donors (Lipinski definition) is 0. The maximum Gasteiger partial charge on any atom is 0.270 e. The first-order chi connectivity index (χ1) is 17.5. The Hall–Kier alpha value is -3.71. The summed E-state index contributed by atoms with van der Waals surface area (Å²) in [4.78, 5) is 30.4. The van der Waals surface area contributed by atoms with Crippen molar-refractivity contribution in [3.63, 3.8) is 0 Å². The summed E-state index contributed by atoms with van der Waals surface area (Å²) < 4.78 is 13.0. The molecule has 0 bridgehead atoms. The third-order valence-electron chi connectivity index (χ3n) is 6.70. The summed E-state index contributed by atoms with van der Waals surface area (Å²) in [7, 11) is 1.63. The van der Waals surface area contributed by atoms with Crippen molar-refractivity contribution in [1.29, 1.82) is 0 Å². The second-order valence-electron chi connectivity index (χ2n) is 9.05. The predicted octanol–water partition coefficient (Wildman–Crippen LogP) is 4.94. The number of carbonyl (C=O) groups is 2. The van der Waals surface area contributed by atoms with Crippen LogP contribution in [-0.2, 0) is 11.3 Å². The van der Waals surface area contributed by atoms with Crippen molar-refractivity contribution >= 4 is 34.5 Å². The molecule has 186 valence electrons. The fourth-order valence-corrected chi connectivity index (χ4v) is 5.08. The Morgan fingerprint density at radius 2 is 1.89 bits per heavy atom. The van der Waals surface area contributed by atoms with E-state index in [1.165, 1.54) is 0 Å². The summed E-state index contributed by atoms with van der Waals surface area (Å²) in [5.74, 6) is 0.529. The Balaban J connectivity index is 1.34. The Labute approximate surface area is 214 Å². The lowest BCUT2D eigenvalue weighted by Crippen LogP contribution is -2.56. The first-order valence-corrected chi connectivity index (χ1v) is 12.4. The van der Waals surface area contributed by atoms with Crippen LogP contribution in [0, 0.1) is 0 Å². The van der Waals surface area contributed by atoms with Crippen molar-refractivity contribution in [1.82, 2.24) is 14.4 Å². The molecule has 4 aromatic rings. The van der Waals surface area contributed by atoms with Crippen molar-refractivity contribution in [3.05, 3.63) is 89.8 Å². The van der Waals surface area contributed by atoms with E-state index in [-0.39, 0.29) is 17.9 Å². The maximum absolute atomic E-state index is 13.7. The molecule has 8 heteroatoms. The number of halogens is 1. The van der Waals surface area contributed by atoms with Gasteiger partial charge in [-0.25, -0.2) is 0 Å². The number of hydrogen-bond acceptors (Lipinski definition) is 4. The second-order valence-corrected chi connectivity index (χ2v) is 9.49. The van der Waals surface area contributed by atoms with Crippen LogP contribution in [0.2, 0.25) is 0 Å². The zero-order valence-corrected chi connectivity index (χ0v) is 21.0. The van der Waals surface area contributed by atoms with Gasteiger partial charge in [0.1, 0.15) is 16.8 Å². The van der Waals surface area contributed by atoms with E-state index in [1.807, 2.05) is 78.2 Å². The fraction of sp³-hybridized carbons (Fsp3) is 0.286. The highest BCUT2D eigenvalue weighted by Crippen LogP contribution is 2.28. The van der Waals surface area contributed by atoms with E-state index in [1.54, 1.807) is 23.2 Å². The van der Waals surface area contributed by atoms with Gasteiger partial charge in [0.15, 0.2) is 0 Å². The van der Waals surface area contributed by atoms with Gasteiger partial charge in [-0.1, -0.05) is 42.5 Å². The summed E-state index contributed by atoms with van der Waals surface area (Å²) >= 11 is 6.51. The number of methoxy groups -OCH3 is 1. The van der Waals surface area contributed by atoms with Crippen molar-refractivity contribution in [2.24, 2.45) is 0 Å². The average Bonchev–Trinajstić information content (AvgIpc) is 3.50. The number of alkyl halides is 1. The van der Waals surface area contributed by atoms with Crippen LogP contribution in [-0.4, -0.2) is 59.0 Å². The lowest BCUT2D eigenvalue weighted by atomic mass is 10.1. The number of carbonyl (C=O) groups excluding carboxylic acids is 2. The monoisotopic (exact) mass is 505 g/mol. The standard InChI is InChI=1S/C28H28ClN3O4/c1-19-17-30(12-13-31(19)27(34)25(29)21-8-4-3-5-9-21)26(33)24-16-22-11-14-36-28(22)32(24)18-20-7-6-10-23(15-20)35-2/h3-11,14-16,19,25H,12-13,17-18H2,1-2H3/t19-,25-/m1/s1. The van der Waals surface area contributed by atoms with E-state index in [0.717, 1.165) is 22.3 Å². The van der Waals surface area contributed by atoms with Crippen molar-refractivity contribution < 1.29 is 18.7 Å². The first-order valence-electron chi connectivity index (χ1n) is 11.9. The van der Waals surface area contributed by atoms with Gasteiger partial charge in [-0.2, -0.15) is 0 Å². The number of amides is 2. The van der Waals surface area contributed by atoms with Gasteiger partial charge in [-0.15, -0.1) is 11.6 Å². The minimum absolute atomic E-state index is 0.0891. The molecule has 0 aliphatic carbocycles. The number of fused-ring (bicyclic) bond motifs is 1. The van der Waals surface area contributed by atoms with E-state index < -0.39 is 5.38 Å². The largest absolute Gasteiger partial charge is 0.497 e. The number of ether oxygens (including phenoxy) is 1. The smallest absolute Gasteiger partial charge is 0.270 e. The van der Waals surface area contributed by atoms with Crippen LogP contribution in [0.5, 0.6) is 5.75 Å². The van der Waals surface area contributed by atoms with E-state index >= 15 is 0 Å². The van der Waals surface area contributed by atoms with Crippen LogP contribution in [0.15, 0.2) is 77.4 Å². The molecule has 0 spiro atoms. The van der Waals surface area contributed by atoms with Crippen LogP contribution in [0.25, 0.3) is 11.1 Å². The number of piperazine rings is 1. The highest BCUT2D eigenvalue weighted by molar-refractivity contribution is 6.30. The normalized spacial score (nSPS) is 16.8. The quantitative estimate of drug-likeness (QED) is 0.348. The molecule has 36 heavy (non-hydrogen) atoms. The highest BCUT2D eigenvalue weighted by Gasteiger charge is 2.34. The van der Waals surface area contributed by atoms with Gasteiger partial charge in [0.2, 0.25) is 11.6 Å². The molecule has 0 N–H and O–H groups in total. The molecule has 7 nitrogen and oxygen atoms in total. The third kappa shape index (κ3) is 4.58. The first kappa shape index (κ1) is 24.0. The van der Waals surface area contributed by atoms with Crippen molar-refractivity contribution in [2.45, 2.75) is 24.9 Å². The number of furan rings is 1. The zero-order valence-electron chi connectivity index (χ0n) is 20.3. The Bertz CT molecular complexity index is 1380. The summed E-state index contributed by atoms with van der Waals surface area (Å²) in [5, 5.41) is 0.124. The molecule has 1 aliphatic rings. The van der Waals surface area contributed by atoms with E-state index in [2.05, 4.69) is 0 Å². The van der Waals surface area contributed by atoms with Gasteiger partial charge in [0.25, 0.3) is 5.91 Å². The van der Waals surface area contributed by atoms with E-state index in [4.69, 9.17) is 20.8 Å². The molecule has 3 heterocycles. The number of aromatic nitrogens is 1. The Morgan fingerprint density at radius 1 is 1.08 bits per heavy atom. The van der Waals surface area contributed by atoms with Crippen molar-refractivity contribution in [3.8, 4) is 5.75 Å². The molecule has 0 saturated carbocycles. The number of benzene rings is 2. The van der Waals surface area contributed by atoms with Gasteiger partial charge in [-0.3, -0.25) is 9.59 Å². The molecule has 1 aliphatic heterocycles. The van der Waals surface area contributed by atoms with E-state index in [0.29, 0.717) is 37.6 Å². The van der Waals surface area contributed by atoms with Gasteiger partial charge < -0.3 is 23.5 Å². The number of nitrogens with zero attached hydrogens (tertiary/aromatic N) is 3. The van der Waals surface area contributed by atoms with Gasteiger partial charge >= 0.3 is 0 Å². The molecule has 1 fully saturated rings. The fourth-order valence-electron chi connectivity index (χ4n) is 4.80. The lowest BCUT2D eigenvalue weighted by Gasteiger charge is -2.40. The topological polar surface area (TPSA) is 67.9 Å². The zero-order chi connectivity index (χ0) is 25.2.